The molecule has 0 unspecified atom stereocenters. The van der Waals surface area contributed by atoms with Crippen molar-refractivity contribution in [3.63, 3.8) is 0 Å². The van der Waals surface area contributed by atoms with Crippen molar-refractivity contribution < 1.29 is 14.3 Å². The van der Waals surface area contributed by atoms with Gasteiger partial charge in [0, 0.05) is 25.2 Å². The summed E-state index contributed by atoms with van der Waals surface area (Å²) in [6.45, 7) is 9.07. The van der Waals surface area contributed by atoms with Gasteiger partial charge < -0.3 is 14.8 Å². The molecular formula is C23H34N2O3. The summed E-state index contributed by atoms with van der Waals surface area (Å²) in [4.78, 5) is 15.6. The van der Waals surface area contributed by atoms with Crippen LogP contribution in [0.2, 0.25) is 0 Å². The molecule has 2 aliphatic heterocycles. The van der Waals surface area contributed by atoms with Gasteiger partial charge in [0.25, 0.3) is 5.91 Å². The molecule has 1 spiro atoms. The molecule has 1 saturated heterocycles. The van der Waals surface area contributed by atoms with E-state index in [0.29, 0.717) is 5.92 Å². The molecule has 2 heterocycles. The number of nitrogens with one attached hydrogen (secondary N) is 1. The molecule has 4 rings (SSSR count). The second kappa shape index (κ2) is 8.42. The van der Waals surface area contributed by atoms with Gasteiger partial charge in [-0.1, -0.05) is 26.7 Å². The number of benzene rings is 1. The van der Waals surface area contributed by atoms with Crippen LogP contribution in [-0.4, -0.2) is 55.3 Å². The zero-order valence-corrected chi connectivity index (χ0v) is 17.3. The molecule has 0 radical (unpaired) electrons. The van der Waals surface area contributed by atoms with Crippen LogP contribution in [0.4, 0.5) is 0 Å². The topological polar surface area (TPSA) is 50.8 Å². The molecule has 5 nitrogen and oxygen atoms in total. The van der Waals surface area contributed by atoms with Crippen LogP contribution in [0.5, 0.6) is 5.75 Å². The Morgan fingerprint density at radius 2 is 2.18 bits per heavy atom. The third-order valence-electron chi connectivity index (χ3n) is 6.37. The number of fused-ring (bicyclic) bond motifs is 1. The summed E-state index contributed by atoms with van der Waals surface area (Å²) < 4.78 is 12.1. The van der Waals surface area contributed by atoms with Crippen molar-refractivity contribution in [3.8, 4) is 5.75 Å². The zero-order valence-electron chi connectivity index (χ0n) is 17.3. The first kappa shape index (κ1) is 19.7. The van der Waals surface area contributed by atoms with Crippen LogP contribution in [0, 0.1) is 5.92 Å². The van der Waals surface area contributed by atoms with E-state index in [1.165, 1.54) is 6.42 Å². The van der Waals surface area contributed by atoms with E-state index in [9.17, 15) is 4.79 Å². The molecule has 1 N–H and O–H groups in total. The van der Waals surface area contributed by atoms with Crippen LogP contribution in [0.15, 0.2) is 18.2 Å². The monoisotopic (exact) mass is 386 g/mol. The standard InChI is InChI=1S/C23H34N2O3/c1-17(2)15-25-11-13-28-23(16-25)10-4-3-7-21(23)24-22(26)19-8-9-20-18(14-19)6-5-12-27-20/h8-9,14,17,21H,3-7,10-13,15-16H2,1-2H3,(H,24,26)/t21-,23-/m0/s1. The summed E-state index contributed by atoms with van der Waals surface area (Å²) in [7, 11) is 0. The number of carbonyl (C=O) groups excluding carboxylic acids is 1. The predicted molar refractivity (Wildman–Crippen MR) is 110 cm³/mol. The average Bonchev–Trinajstić information content (AvgIpc) is 2.69. The van der Waals surface area contributed by atoms with E-state index in [0.717, 1.165) is 81.8 Å². The quantitative estimate of drug-likeness (QED) is 0.862. The van der Waals surface area contributed by atoms with E-state index in [1.807, 2.05) is 18.2 Å². The number of hydrogen-bond acceptors (Lipinski definition) is 4. The summed E-state index contributed by atoms with van der Waals surface area (Å²) in [5, 5.41) is 3.34. The highest BCUT2D eigenvalue weighted by Gasteiger charge is 2.45. The molecule has 2 fully saturated rings. The third kappa shape index (κ3) is 4.20. The summed E-state index contributed by atoms with van der Waals surface area (Å²) in [6, 6.07) is 5.92. The van der Waals surface area contributed by atoms with Crippen molar-refractivity contribution in [2.45, 2.75) is 64.0 Å². The fourth-order valence-corrected chi connectivity index (χ4v) is 5.07. The summed E-state index contributed by atoms with van der Waals surface area (Å²) in [5.41, 5.74) is 1.65. The van der Waals surface area contributed by atoms with Crippen molar-refractivity contribution >= 4 is 5.91 Å². The summed E-state index contributed by atoms with van der Waals surface area (Å²) in [6.07, 6.45) is 6.36. The van der Waals surface area contributed by atoms with Crippen molar-refractivity contribution in [2.75, 3.05) is 32.8 Å². The Morgan fingerprint density at radius 1 is 1.29 bits per heavy atom. The Labute approximate surface area is 168 Å². The van der Waals surface area contributed by atoms with E-state index in [-0.39, 0.29) is 17.6 Å². The Morgan fingerprint density at radius 3 is 3.04 bits per heavy atom. The molecule has 28 heavy (non-hydrogen) atoms. The first-order valence-corrected chi connectivity index (χ1v) is 11.0. The highest BCUT2D eigenvalue weighted by atomic mass is 16.5. The number of nitrogens with zero attached hydrogens (tertiary/aromatic N) is 1. The van der Waals surface area contributed by atoms with Gasteiger partial charge in [0.05, 0.1) is 19.3 Å². The van der Waals surface area contributed by atoms with E-state index < -0.39 is 0 Å². The van der Waals surface area contributed by atoms with Crippen LogP contribution in [0.3, 0.4) is 0 Å². The lowest BCUT2D eigenvalue weighted by atomic mass is 9.78. The van der Waals surface area contributed by atoms with Crippen molar-refractivity contribution in [2.24, 2.45) is 5.92 Å². The highest BCUT2D eigenvalue weighted by molar-refractivity contribution is 5.95. The largest absolute Gasteiger partial charge is 0.493 e. The third-order valence-corrected chi connectivity index (χ3v) is 6.37. The van der Waals surface area contributed by atoms with Gasteiger partial charge in [0.15, 0.2) is 0 Å². The Bertz CT molecular complexity index is 701. The van der Waals surface area contributed by atoms with Gasteiger partial charge in [-0.3, -0.25) is 9.69 Å². The summed E-state index contributed by atoms with van der Waals surface area (Å²) in [5.74, 6) is 1.59. The first-order valence-electron chi connectivity index (χ1n) is 11.0. The number of rotatable bonds is 4. The number of hydrogen-bond donors (Lipinski definition) is 1. The van der Waals surface area contributed by atoms with Gasteiger partial charge >= 0.3 is 0 Å². The van der Waals surface area contributed by atoms with Crippen LogP contribution in [0.1, 0.15) is 61.9 Å². The minimum Gasteiger partial charge on any atom is -0.493 e. The number of ether oxygens (including phenoxy) is 2. The van der Waals surface area contributed by atoms with Crippen LogP contribution in [0.25, 0.3) is 0 Å². The number of aryl methyl sites for hydroxylation is 1. The maximum Gasteiger partial charge on any atom is 0.251 e. The predicted octanol–water partition coefficient (Wildman–Crippen LogP) is 3.41. The molecule has 2 atom stereocenters. The maximum absolute atomic E-state index is 13.1. The summed E-state index contributed by atoms with van der Waals surface area (Å²) >= 11 is 0. The van der Waals surface area contributed by atoms with Gasteiger partial charge in [-0.15, -0.1) is 0 Å². The lowest BCUT2D eigenvalue weighted by Crippen LogP contribution is -2.64. The van der Waals surface area contributed by atoms with E-state index in [1.54, 1.807) is 0 Å². The fourth-order valence-electron chi connectivity index (χ4n) is 5.07. The second-order valence-corrected chi connectivity index (χ2v) is 9.09. The van der Waals surface area contributed by atoms with E-state index in [4.69, 9.17) is 9.47 Å². The Hall–Kier alpha value is -1.59. The normalized spacial score (nSPS) is 28.0. The zero-order chi connectivity index (χ0) is 19.6. The Kier molecular flexibility index (Phi) is 5.93. The van der Waals surface area contributed by atoms with Crippen molar-refractivity contribution in [1.82, 2.24) is 10.2 Å². The molecular weight excluding hydrogens is 352 g/mol. The lowest BCUT2D eigenvalue weighted by Gasteiger charge is -2.50. The lowest BCUT2D eigenvalue weighted by molar-refractivity contribution is -0.142. The minimum absolute atomic E-state index is 0.0178. The van der Waals surface area contributed by atoms with Crippen molar-refractivity contribution in [1.29, 1.82) is 0 Å². The average molecular weight is 387 g/mol. The second-order valence-electron chi connectivity index (χ2n) is 9.09. The highest BCUT2D eigenvalue weighted by Crippen LogP contribution is 2.35. The van der Waals surface area contributed by atoms with Crippen LogP contribution < -0.4 is 10.1 Å². The van der Waals surface area contributed by atoms with Crippen LogP contribution in [-0.2, 0) is 11.2 Å². The molecule has 1 aromatic rings. The molecule has 1 saturated carbocycles. The maximum atomic E-state index is 13.1. The molecule has 1 amide bonds. The smallest absolute Gasteiger partial charge is 0.251 e. The molecule has 5 heteroatoms. The van der Waals surface area contributed by atoms with E-state index >= 15 is 0 Å². The number of morpholine rings is 1. The Balaban J connectivity index is 1.48. The van der Waals surface area contributed by atoms with Gasteiger partial charge in [-0.05, 0) is 55.4 Å². The van der Waals surface area contributed by atoms with Gasteiger partial charge in [0.1, 0.15) is 11.4 Å². The van der Waals surface area contributed by atoms with Crippen molar-refractivity contribution in [3.05, 3.63) is 29.3 Å². The molecule has 0 bridgehead atoms. The molecule has 154 valence electrons. The number of amides is 1. The first-order chi connectivity index (χ1) is 13.6. The van der Waals surface area contributed by atoms with Gasteiger partial charge in [-0.25, -0.2) is 0 Å². The number of carbonyl (C=O) groups is 1. The molecule has 1 aliphatic carbocycles. The molecule has 3 aliphatic rings. The SMILES string of the molecule is CC(C)CN1CCO[C@@]2(CCCC[C@@H]2NC(=O)c2ccc3c(c2)CCCO3)C1. The van der Waals surface area contributed by atoms with E-state index in [2.05, 4.69) is 24.1 Å². The van der Waals surface area contributed by atoms with Gasteiger partial charge in [0.2, 0.25) is 0 Å². The molecule has 1 aromatic carbocycles. The molecule has 0 aromatic heterocycles. The van der Waals surface area contributed by atoms with Crippen LogP contribution >= 0.6 is 0 Å². The van der Waals surface area contributed by atoms with Gasteiger partial charge in [-0.2, -0.15) is 0 Å². The fraction of sp³-hybridized carbons (Fsp3) is 0.696. The minimum atomic E-state index is -0.238.